The molecule has 4 rings (SSSR count). The Morgan fingerprint density at radius 3 is 2.58 bits per heavy atom. The van der Waals surface area contributed by atoms with Crippen molar-refractivity contribution in [3.8, 4) is 5.69 Å². The van der Waals surface area contributed by atoms with Crippen molar-refractivity contribution >= 4 is 29.9 Å². The maximum Gasteiger partial charge on any atom is 0.257 e. The van der Waals surface area contributed by atoms with Crippen LogP contribution in [0.1, 0.15) is 16.1 Å². The molecule has 2 aliphatic rings. The molecular formula is C17H20Cl2N4O. The van der Waals surface area contributed by atoms with Gasteiger partial charge in [-0.2, -0.15) is 5.10 Å². The quantitative estimate of drug-likeness (QED) is 0.888. The highest BCUT2D eigenvalue weighted by Crippen LogP contribution is 2.28. The van der Waals surface area contributed by atoms with Crippen molar-refractivity contribution in [2.45, 2.75) is 6.92 Å². The highest BCUT2D eigenvalue weighted by atomic mass is 35.5. The van der Waals surface area contributed by atoms with Crippen LogP contribution in [0.2, 0.25) is 5.02 Å². The van der Waals surface area contributed by atoms with Crippen molar-refractivity contribution < 1.29 is 4.79 Å². The molecule has 2 aromatic rings. The summed E-state index contributed by atoms with van der Waals surface area (Å²) in [6.07, 6.45) is 1.66. The molecule has 0 unspecified atom stereocenters. The minimum atomic E-state index is 0. The Morgan fingerprint density at radius 2 is 1.92 bits per heavy atom. The summed E-state index contributed by atoms with van der Waals surface area (Å²) in [7, 11) is 0. The van der Waals surface area contributed by atoms with E-state index in [4.69, 9.17) is 11.6 Å². The number of amides is 1. The summed E-state index contributed by atoms with van der Waals surface area (Å²) in [5.74, 6) is 1.27. The van der Waals surface area contributed by atoms with Crippen molar-refractivity contribution in [3.63, 3.8) is 0 Å². The Hall–Kier alpha value is -1.56. The van der Waals surface area contributed by atoms with Crippen LogP contribution in [0.5, 0.6) is 0 Å². The van der Waals surface area contributed by atoms with Crippen LogP contribution >= 0.6 is 24.0 Å². The lowest BCUT2D eigenvalue weighted by Gasteiger charge is -2.17. The van der Waals surface area contributed by atoms with E-state index >= 15 is 0 Å². The minimum Gasteiger partial charge on any atom is -0.338 e. The second-order valence-corrected chi connectivity index (χ2v) is 6.80. The van der Waals surface area contributed by atoms with Crippen LogP contribution in [0.4, 0.5) is 0 Å². The van der Waals surface area contributed by atoms with Gasteiger partial charge in [-0.3, -0.25) is 4.79 Å². The summed E-state index contributed by atoms with van der Waals surface area (Å²) in [6, 6.07) is 7.53. The first-order valence-corrected chi connectivity index (χ1v) is 8.32. The number of aromatic nitrogens is 2. The molecule has 7 heteroatoms. The summed E-state index contributed by atoms with van der Waals surface area (Å²) in [5.41, 5.74) is 2.30. The number of nitrogens with zero attached hydrogens (tertiary/aromatic N) is 3. The zero-order valence-corrected chi connectivity index (χ0v) is 15.0. The molecule has 1 amide bonds. The largest absolute Gasteiger partial charge is 0.338 e. The fraction of sp³-hybridized carbons (Fsp3) is 0.412. The van der Waals surface area contributed by atoms with E-state index in [1.54, 1.807) is 10.9 Å². The number of hydrogen-bond donors (Lipinski definition) is 1. The number of nitrogens with one attached hydrogen (secondary N) is 1. The van der Waals surface area contributed by atoms with Crippen LogP contribution in [-0.2, 0) is 0 Å². The van der Waals surface area contributed by atoms with Gasteiger partial charge >= 0.3 is 0 Å². The molecule has 1 N–H and O–H groups in total. The molecule has 2 atom stereocenters. The lowest BCUT2D eigenvalue weighted by atomic mass is 10.0. The van der Waals surface area contributed by atoms with Gasteiger partial charge in [-0.15, -0.1) is 12.4 Å². The van der Waals surface area contributed by atoms with Gasteiger partial charge in [-0.1, -0.05) is 23.7 Å². The SMILES string of the molecule is Cc1c(C(=O)N2C[C@H]3CNC[C@H]3C2)cnn1-c1ccccc1Cl.Cl. The monoisotopic (exact) mass is 366 g/mol. The van der Waals surface area contributed by atoms with Gasteiger partial charge in [0.05, 0.1) is 28.2 Å². The Labute approximate surface area is 152 Å². The third-order valence-electron chi connectivity index (χ3n) is 5.00. The van der Waals surface area contributed by atoms with E-state index < -0.39 is 0 Å². The van der Waals surface area contributed by atoms with Gasteiger partial charge in [0, 0.05) is 26.2 Å². The summed E-state index contributed by atoms with van der Waals surface area (Å²) in [6.45, 7) is 5.64. The van der Waals surface area contributed by atoms with Crippen LogP contribution in [0.3, 0.4) is 0 Å². The lowest BCUT2D eigenvalue weighted by Crippen LogP contribution is -2.32. The second-order valence-electron chi connectivity index (χ2n) is 6.40. The number of hydrogen-bond acceptors (Lipinski definition) is 3. The molecule has 0 bridgehead atoms. The van der Waals surface area contributed by atoms with Gasteiger partial charge in [0.25, 0.3) is 5.91 Å². The molecule has 1 aromatic carbocycles. The molecule has 2 saturated heterocycles. The number of benzene rings is 1. The van der Waals surface area contributed by atoms with E-state index in [9.17, 15) is 4.79 Å². The van der Waals surface area contributed by atoms with E-state index in [1.807, 2.05) is 36.1 Å². The molecule has 0 spiro atoms. The van der Waals surface area contributed by atoms with E-state index in [0.29, 0.717) is 22.4 Å². The molecule has 128 valence electrons. The zero-order chi connectivity index (χ0) is 16.0. The Morgan fingerprint density at radius 1 is 1.25 bits per heavy atom. The molecule has 24 heavy (non-hydrogen) atoms. The number of fused-ring (bicyclic) bond motifs is 1. The van der Waals surface area contributed by atoms with Gasteiger partial charge in [0.2, 0.25) is 0 Å². The molecule has 1 aromatic heterocycles. The summed E-state index contributed by atoms with van der Waals surface area (Å²) >= 11 is 6.25. The van der Waals surface area contributed by atoms with Gasteiger partial charge in [0.15, 0.2) is 0 Å². The van der Waals surface area contributed by atoms with Crippen molar-refractivity contribution in [1.82, 2.24) is 20.0 Å². The Balaban J connectivity index is 0.00000169. The second kappa shape index (κ2) is 6.75. The molecule has 0 radical (unpaired) electrons. The maximum absolute atomic E-state index is 12.8. The molecule has 0 saturated carbocycles. The van der Waals surface area contributed by atoms with Crippen LogP contribution < -0.4 is 5.32 Å². The Kier molecular flexibility index (Phi) is 4.85. The van der Waals surface area contributed by atoms with Crippen LogP contribution in [0.25, 0.3) is 5.69 Å². The normalized spacial score (nSPS) is 22.3. The standard InChI is InChI=1S/C17H19ClN4O.ClH/c1-11-14(8-20-22(11)16-5-3-2-4-15(16)18)17(23)21-9-12-6-19-7-13(12)10-21;/h2-5,8,12-13,19H,6-7,9-10H2,1H3;1H/t12-,13+;. The Bertz CT molecular complexity index is 749. The summed E-state index contributed by atoms with van der Waals surface area (Å²) in [4.78, 5) is 14.8. The third-order valence-corrected chi connectivity index (χ3v) is 5.32. The molecule has 0 aliphatic carbocycles. The number of likely N-dealkylation sites (tertiary alicyclic amines) is 1. The van der Waals surface area contributed by atoms with Crippen LogP contribution in [0.15, 0.2) is 30.5 Å². The molecule has 3 heterocycles. The van der Waals surface area contributed by atoms with E-state index in [0.717, 1.165) is 37.6 Å². The lowest BCUT2D eigenvalue weighted by molar-refractivity contribution is 0.0781. The average Bonchev–Trinajstić information content (AvgIpc) is 3.21. The van der Waals surface area contributed by atoms with Gasteiger partial charge in [0.1, 0.15) is 0 Å². The van der Waals surface area contributed by atoms with Crippen LogP contribution in [-0.4, -0.2) is 46.8 Å². The first kappa shape index (κ1) is 17.3. The molecule has 5 nitrogen and oxygen atoms in total. The van der Waals surface area contributed by atoms with Crippen molar-refractivity contribution in [2.75, 3.05) is 26.2 Å². The smallest absolute Gasteiger partial charge is 0.257 e. The topological polar surface area (TPSA) is 50.2 Å². The number of carbonyl (C=O) groups excluding carboxylic acids is 1. The first-order chi connectivity index (χ1) is 11.1. The number of carbonyl (C=O) groups is 1. The third kappa shape index (κ3) is 2.81. The molecular weight excluding hydrogens is 347 g/mol. The predicted octanol–water partition coefficient (Wildman–Crippen LogP) is 2.55. The van der Waals surface area contributed by atoms with E-state index in [2.05, 4.69) is 10.4 Å². The highest BCUT2D eigenvalue weighted by molar-refractivity contribution is 6.32. The molecule has 2 fully saturated rings. The van der Waals surface area contributed by atoms with E-state index in [-0.39, 0.29) is 18.3 Å². The minimum absolute atomic E-state index is 0. The van der Waals surface area contributed by atoms with Gasteiger partial charge < -0.3 is 10.2 Å². The first-order valence-electron chi connectivity index (χ1n) is 7.94. The summed E-state index contributed by atoms with van der Waals surface area (Å²) in [5, 5.41) is 8.41. The van der Waals surface area contributed by atoms with Gasteiger partial charge in [-0.05, 0) is 30.9 Å². The van der Waals surface area contributed by atoms with Crippen molar-refractivity contribution in [1.29, 1.82) is 0 Å². The number of halogens is 2. The average molecular weight is 367 g/mol. The van der Waals surface area contributed by atoms with Crippen molar-refractivity contribution in [2.24, 2.45) is 11.8 Å². The number of rotatable bonds is 2. The molecule has 2 aliphatic heterocycles. The maximum atomic E-state index is 12.8. The summed E-state index contributed by atoms with van der Waals surface area (Å²) < 4.78 is 1.74. The van der Waals surface area contributed by atoms with Crippen molar-refractivity contribution in [3.05, 3.63) is 46.7 Å². The zero-order valence-electron chi connectivity index (χ0n) is 13.4. The van der Waals surface area contributed by atoms with Gasteiger partial charge in [-0.25, -0.2) is 4.68 Å². The fourth-order valence-corrected chi connectivity index (χ4v) is 3.89. The van der Waals surface area contributed by atoms with Crippen LogP contribution in [0, 0.1) is 18.8 Å². The highest BCUT2D eigenvalue weighted by Gasteiger charge is 2.38. The fourth-order valence-electron chi connectivity index (χ4n) is 3.68. The number of para-hydroxylation sites is 1. The predicted molar refractivity (Wildman–Crippen MR) is 96.3 cm³/mol. The van der Waals surface area contributed by atoms with E-state index in [1.165, 1.54) is 0 Å².